The van der Waals surface area contributed by atoms with Crippen LogP contribution in [0, 0.1) is 24.6 Å². The number of carbonyl (C=O) groups excluding carboxylic acids is 3. The van der Waals surface area contributed by atoms with Gasteiger partial charge in [-0.25, -0.2) is 18.7 Å². The van der Waals surface area contributed by atoms with Crippen LogP contribution in [-0.2, 0) is 76.0 Å². The lowest BCUT2D eigenvalue weighted by atomic mass is 9.78. The highest BCUT2D eigenvalue weighted by molar-refractivity contribution is 7.86. The molecular formula is C65H80FN7O22S2. The molecule has 526 valence electrons. The molecule has 9 N–H and O–H groups in total. The smallest absolute Gasteiger partial charge is 0.338 e. The minimum Gasteiger partial charge on any atom is -0.479 e. The summed E-state index contributed by atoms with van der Waals surface area (Å²) in [6.07, 6.45) is -12.0. The number of nitrogens with one attached hydrogen (secondary N) is 1. The number of benzene rings is 4. The fourth-order valence-electron chi connectivity index (χ4n) is 13.3. The molecule has 29 nitrogen and oxygen atoms in total. The quantitative estimate of drug-likeness (QED) is 0.0175. The van der Waals surface area contributed by atoms with Crippen molar-refractivity contribution in [2.75, 3.05) is 11.9 Å². The first-order valence-electron chi connectivity index (χ1n) is 32.3. The zero-order valence-corrected chi connectivity index (χ0v) is 54.7. The standard InChI is InChI=1S/C65H80FN7O22S2/c1-35-26-43-51(96(84,85)86)24-23-44(54(43)52(27-35)97(87,88)89)67-53(76)22-11-12-25-72-32-42(68-70-72)20-9-10-21-47(75)40-30-46(73-33-45(69-71-73)39-18-13-19-41(66)29-39)59(95-64-58(80)57(79)55(77)36(2)90-64)48(31-40)92-65-61(94-63(83)38-16-7-4-8-17-38)60(56(78)50(34-74)93-65)91-49(62(81)82)28-37-14-5-3-6-15-37/h4,7-8,13,16-19,23-24,26-27,29,32-33,36-37,40,46,48-50,55-61,64-65,74,77-80H,3,5-6,9-12,14-15,20-22,25,28,30-31,34H2,1-2H3,(H,67,76)(H,81,82)(H,84,85,86)(H,87,88,89)/t36?,40?,46?,48?,49-,50?,55?,56?,57?,58?,59?,60?,61?,64?,65?/m0/s1. The van der Waals surface area contributed by atoms with E-state index in [4.69, 9.17) is 28.4 Å². The van der Waals surface area contributed by atoms with Gasteiger partial charge in [-0.05, 0) is 125 Å². The van der Waals surface area contributed by atoms with Crippen LogP contribution in [0.25, 0.3) is 22.0 Å². The van der Waals surface area contributed by atoms with Gasteiger partial charge in [0, 0.05) is 47.8 Å². The molecule has 6 aromatic rings. The molecule has 0 bridgehead atoms. The van der Waals surface area contributed by atoms with Gasteiger partial charge in [-0.15, -0.1) is 10.2 Å². The summed E-state index contributed by atoms with van der Waals surface area (Å²) in [7, 11) is -9.79. The highest BCUT2D eigenvalue weighted by Crippen LogP contribution is 2.43. The number of aromatic nitrogens is 6. The van der Waals surface area contributed by atoms with Crippen molar-refractivity contribution in [3.05, 3.63) is 114 Å². The number of nitrogens with zero attached hydrogens (tertiary/aromatic N) is 6. The Morgan fingerprint density at radius 3 is 2.21 bits per heavy atom. The minimum atomic E-state index is -4.93. The summed E-state index contributed by atoms with van der Waals surface area (Å²) < 4.78 is 125. The van der Waals surface area contributed by atoms with Gasteiger partial charge in [-0.3, -0.25) is 23.4 Å². The number of amides is 1. The summed E-state index contributed by atoms with van der Waals surface area (Å²) in [5, 5.41) is 86.0. The SMILES string of the molecule is Cc1cc(S(=O)(=O)O)c2c(NC(=O)CCCCn3cc(CCCCC(=O)C4CC(OC5OC(CO)C(O)C(O[C@@H](CC6CCCCC6)C(=O)O)C5OC(=O)c5ccccc5)C(OC5OC(C)C(O)C(O)C5O)C(n5cc(-c6cccc(F)c6)nn5)C4)nn3)ccc(S(=O)(=O)O)c2c1. The Balaban J connectivity index is 0.871. The van der Waals surface area contributed by atoms with Gasteiger partial charge < -0.3 is 64.4 Å². The Morgan fingerprint density at radius 1 is 0.753 bits per heavy atom. The number of aliphatic hydroxyl groups is 5. The summed E-state index contributed by atoms with van der Waals surface area (Å²) in [6.45, 7) is 2.37. The maximum atomic E-state index is 14.9. The average molecular weight is 1390 g/mol. The topological polar surface area (TPSA) is 427 Å². The highest BCUT2D eigenvalue weighted by atomic mass is 32.2. The second-order valence-electron chi connectivity index (χ2n) is 25.3. The first kappa shape index (κ1) is 72.6. The largest absolute Gasteiger partial charge is 0.479 e. The number of rotatable bonds is 28. The molecule has 10 rings (SSSR count). The van der Waals surface area contributed by atoms with Crippen LogP contribution in [0.2, 0.25) is 0 Å². The summed E-state index contributed by atoms with van der Waals surface area (Å²) in [5.41, 5.74) is 1.31. The van der Waals surface area contributed by atoms with E-state index in [1.54, 1.807) is 35.1 Å². The van der Waals surface area contributed by atoms with Crippen molar-refractivity contribution in [3.8, 4) is 11.3 Å². The van der Waals surface area contributed by atoms with E-state index >= 15 is 0 Å². The number of Topliss-reactive ketones (excluding diaryl/α,β-unsaturated/α-hetero) is 1. The molecule has 0 spiro atoms. The van der Waals surface area contributed by atoms with Crippen molar-refractivity contribution in [2.45, 2.75) is 212 Å². The molecule has 97 heavy (non-hydrogen) atoms. The third-order valence-corrected chi connectivity index (χ3v) is 20.1. The van der Waals surface area contributed by atoms with Crippen LogP contribution in [0.1, 0.15) is 124 Å². The normalized spacial score (nSPS) is 26.9. The van der Waals surface area contributed by atoms with Crippen molar-refractivity contribution in [1.82, 2.24) is 30.0 Å². The molecule has 2 saturated carbocycles. The predicted octanol–water partition coefficient (Wildman–Crippen LogP) is 5.08. The summed E-state index contributed by atoms with van der Waals surface area (Å²) >= 11 is 0. The minimum absolute atomic E-state index is 0.00449. The maximum Gasteiger partial charge on any atom is 0.338 e. The fraction of sp³-hybridized carbons (Fsp3) is 0.538. The number of carboxylic acid groups (broad SMARTS) is 1. The van der Waals surface area contributed by atoms with Crippen LogP contribution < -0.4 is 5.32 Å². The van der Waals surface area contributed by atoms with Crippen LogP contribution in [-0.4, -0.2) is 197 Å². The number of unbranched alkanes of at least 4 members (excludes halogenated alkanes) is 2. The van der Waals surface area contributed by atoms with E-state index in [2.05, 4.69) is 25.9 Å². The number of carbonyl (C=O) groups is 4. The van der Waals surface area contributed by atoms with Crippen LogP contribution in [0.15, 0.2) is 101 Å². The van der Waals surface area contributed by atoms with E-state index in [9.17, 15) is 80.1 Å². The molecule has 4 heterocycles. The molecule has 2 aliphatic carbocycles. The number of aryl methyl sites for hydroxylation is 3. The number of esters is 1. The number of ketones is 1. The zero-order chi connectivity index (χ0) is 69.5. The van der Waals surface area contributed by atoms with Crippen molar-refractivity contribution in [3.63, 3.8) is 0 Å². The van der Waals surface area contributed by atoms with Gasteiger partial charge in [0.05, 0.1) is 48.0 Å². The molecule has 15 atom stereocenters. The number of halogens is 1. The molecule has 1 amide bonds. The molecule has 2 aliphatic heterocycles. The fourth-order valence-corrected chi connectivity index (χ4v) is 14.7. The monoisotopic (exact) mass is 1390 g/mol. The third kappa shape index (κ3) is 17.8. The van der Waals surface area contributed by atoms with Crippen molar-refractivity contribution in [2.24, 2.45) is 11.8 Å². The molecule has 4 fully saturated rings. The highest BCUT2D eigenvalue weighted by Gasteiger charge is 2.55. The third-order valence-electron chi connectivity index (χ3n) is 18.3. The summed E-state index contributed by atoms with van der Waals surface area (Å²) in [6, 6.07) is 16.7. The number of fused-ring (bicyclic) bond motifs is 1. The molecule has 14 unspecified atom stereocenters. The Kier molecular flexibility index (Phi) is 23.8. The van der Waals surface area contributed by atoms with E-state index in [1.165, 1.54) is 61.1 Å². The number of ether oxygens (including phenoxy) is 6. The van der Waals surface area contributed by atoms with Gasteiger partial charge in [0.15, 0.2) is 24.8 Å². The van der Waals surface area contributed by atoms with Crippen LogP contribution >= 0.6 is 0 Å². The van der Waals surface area contributed by atoms with Crippen molar-refractivity contribution < 1.29 is 109 Å². The molecule has 2 aromatic heterocycles. The number of anilines is 1. The van der Waals surface area contributed by atoms with E-state index < -0.39 is 152 Å². The van der Waals surface area contributed by atoms with E-state index in [0.717, 1.165) is 50.3 Å². The molecule has 2 saturated heterocycles. The van der Waals surface area contributed by atoms with Crippen molar-refractivity contribution in [1.29, 1.82) is 0 Å². The Labute approximate surface area is 557 Å². The zero-order valence-electron chi connectivity index (χ0n) is 53.1. The number of aliphatic carboxylic acids is 1. The molecule has 32 heteroatoms. The van der Waals surface area contributed by atoms with E-state index in [0.29, 0.717) is 49.9 Å². The van der Waals surface area contributed by atoms with E-state index in [-0.39, 0.29) is 77.1 Å². The molecule has 4 aliphatic rings. The average Bonchev–Trinajstić information content (AvgIpc) is 1.58. The van der Waals surface area contributed by atoms with Crippen LogP contribution in [0.3, 0.4) is 0 Å². The number of hydrogen-bond donors (Lipinski definition) is 9. The second kappa shape index (κ2) is 31.8. The Morgan fingerprint density at radius 2 is 1.49 bits per heavy atom. The van der Waals surface area contributed by atoms with Gasteiger partial charge in [-0.2, -0.15) is 16.8 Å². The molecule has 0 radical (unpaired) electrons. The number of carboxylic acids is 1. The summed E-state index contributed by atoms with van der Waals surface area (Å²) in [5.74, 6) is -4.67. The molecular weight excluding hydrogens is 1310 g/mol. The first-order valence-corrected chi connectivity index (χ1v) is 35.1. The molecule has 4 aromatic carbocycles. The Bertz CT molecular complexity index is 3970. The van der Waals surface area contributed by atoms with E-state index in [1.807, 2.05) is 0 Å². The van der Waals surface area contributed by atoms with Gasteiger partial charge >= 0.3 is 11.9 Å². The Hall–Kier alpha value is -7.15. The van der Waals surface area contributed by atoms with Crippen LogP contribution in [0.5, 0.6) is 0 Å². The first-order chi connectivity index (χ1) is 46.2. The maximum absolute atomic E-state index is 14.9. The van der Waals surface area contributed by atoms with Crippen LogP contribution in [0.4, 0.5) is 10.1 Å². The predicted molar refractivity (Wildman–Crippen MR) is 338 cm³/mol. The van der Waals surface area contributed by atoms with Gasteiger partial charge in [0.2, 0.25) is 5.91 Å². The lowest BCUT2D eigenvalue weighted by Crippen LogP contribution is -2.64. The lowest BCUT2D eigenvalue weighted by molar-refractivity contribution is -0.348. The second-order valence-corrected chi connectivity index (χ2v) is 28.1. The summed E-state index contributed by atoms with van der Waals surface area (Å²) in [4.78, 5) is 54.1. The van der Waals surface area contributed by atoms with Crippen molar-refractivity contribution >= 4 is 60.3 Å². The van der Waals surface area contributed by atoms with Gasteiger partial charge in [-0.1, -0.05) is 72.9 Å². The number of aliphatic hydroxyl groups excluding tert-OH is 5. The lowest BCUT2D eigenvalue weighted by Gasteiger charge is -2.48. The van der Waals surface area contributed by atoms with Gasteiger partial charge in [0.1, 0.15) is 69.8 Å². The number of hydrogen-bond acceptors (Lipinski definition) is 23. The van der Waals surface area contributed by atoms with Gasteiger partial charge in [0.25, 0.3) is 20.2 Å².